The standard InChI is InChI=1S/C10H11F2NO2/c1-2-15-9(14)10(11,12)6-8-4-3-5-13-7-8/h3-5,7H,2,6H2,1H3. The number of esters is 1. The van der Waals surface area contributed by atoms with Crippen LogP contribution in [-0.4, -0.2) is 23.5 Å². The second-order valence-electron chi connectivity index (χ2n) is 2.96. The molecule has 1 heterocycles. The molecule has 5 heteroatoms. The Hall–Kier alpha value is -1.52. The Balaban J connectivity index is 2.68. The van der Waals surface area contributed by atoms with E-state index in [9.17, 15) is 13.6 Å². The van der Waals surface area contributed by atoms with Crippen LogP contribution < -0.4 is 0 Å². The van der Waals surface area contributed by atoms with Gasteiger partial charge in [0.05, 0.1) is 6.61 Å². The highest BCUT2D eigenvalue weighted by Gasteiger charge is 2.40. The van der Waals surface area contributed by atoms with E-state index in [0.717, 1.165) is 0 Å². The first kappa shape index (κ1) is 11.6. The van der Waals surface area contributed by atoms with E-state index < -0.39 is 18.3 Å². The summed E-state index contributed by atoms with van der Waals surface area (Å²) in [7, 11) is 0. The quantitative estimate of drug-likeness (QED) is 0.719. The fourth-order valence-corrected chi connectivity index (χ4v) is 1.07. The molecule has 0 amide bonds. The molecule has 0 N–H and O–H groups in total. The van der Waals surface area contributed by atoms with Crippen LogP contribution in [-0.2, 0) is 16.0 Å². The molecular formula is C10H11F2NO2. The molecule has 1 aromatic heterocycles. The van der Waals surface area contributed by atoms with E-state index in [4.69, 9.17) is 0 Å². The molecule has 3 nitrogen and oxygen atoms in total. The van der Waals surface area contributed by atoms with Gasteiger partial charge in [0.1, 0.15) is 0 Å². The number of alkyl halides is 2. The van der Waals surface area contributed by atoms with Gasteiger partial charge in [-0.3, -0.25) is 4.98 Å². The lowest BCUT2D eigenvalue weighted by Gasteiger charge is -2.13. The van der Waals surface area contributed by atoms with Crippen molar-refractivity contribution in [2.45, 2.75) is 19.3 Å². The minimum Gasteiger partial charge on any atom is -0.462 e. The molecule has 82 valence electrons. The van der Waals surface area contributed by atoms with Crippen molar-refractivity contribution in [1.29, 1.82) is 0 Å². The van der Waals surface area contributed by atoms with Crippen LogP contribution in [0.2, 0.25) is 0 Å². The monoisotopic (exact) mass is 215 g/mol. The molecule has 0 unspecified atom stereocenters. The summed E-state index contributed by atoms with van der Waals surface area (Å²) >= 11 is 0. The zero-order chi connectivity index (χ0) is 11.3. The summed E-state index contributed by atoms with van der Waals surface area (Å²) < 4.78 is 30.6. The highest BCUT2D eigenvalue weighted by molar-refractivity contribution is 5.77. The summed E-state index contributed by atoms with van der Waals surface area (Å²) in [5.41, 5.74) is 0.301. The maximum atomic E-state index is 13.2. The smallest absolute Gasteiger partial charge is 0.377 e. The summed E-state index contributed by atoms with van der Waals surface area (Å²) in [6.07, 6.45) is 2.10. The van der Waals surface area contributed by atoms with E-state index >= 15 is 0 Å². The van der Waals surface area contributed by atoms with E-state index in [-0.39, 0.29) is 6.61 Å². The van der Waals surface area contributed by atoms with E-state index in [1.54, 1.807) is 0 Å². The van der Waals surface area contributed by atoms with Crippen LogP contribution in [0.1, 0.15) is 12.5 Å². The van der Waals surface area contributed by atoms with Crippen LogP contribution in [0.25, 0.3) is 0 Å². The number of hydrogen-bond acceptors (Lipinski definition) is 3. The van der Waals surface area contributed by atoms with Crippen molar-refractivity contribution < 1.29 is 18.3 Å². The van der Waals surface area contributed by atoms with Crippen LogP contribution in [0.5, 0.6) is 0 Å². The largest absolute Gasteiger partial charge is 0.462 e. The molecule has 0 aliphatic carbocycles. The normalized spacial score (nSPS) is 11.1. The molecule has 0 bridgehead atoms. The van der Waals surface area contributed by atoms with Gasteiger partial charge >= 0.3 is 11.9 Å². The highest BCUT2D eigenvalue weighted by atomic mass is 19.3. The Labute approximate surface area is 86.1 Å². The lowest BCUT2D eigenvalue weighted by Crippen LogP contribution is -2.33. The van der Waals surface area contributed by atoms with Gasteiger partial charge in [-0.2, -0.15) is 8.78 Å². The number of ether oxygens (including phenoxy) is 1. The summed E-state index contributed by atoms with van der Waals surface area (Å²) in [6.45, 7) is 1.43. The topological polar surface area (TPSA) is 39.2 Å². The number of carbonyl (C=O) groups excluding carboxylic acids is 1. The molecule has 15 heavy (non-hydrogen) atoms. The predicted molar refractivity (Wildman–Crippen MR) is 49.5 cm³/mol. The van der Waals surface area contributed by atoms with Crippen molar-refractivity contribution >= 4 is 5.97 Å². The first-order chi connectivity index (χ1) is 7.06. The number of pyridine rings is 1. The SMILES string of the molecule is CCOC(=O)C(F)(F)Cc1cccnc1. The molecule has 0 spiro atoms. The Kier molecular flexibility index (Phi) is 3.71. The molecule has 1 rings (SSSR count). The number of aromatic nitrogens is 1. The van der Waals surface area contributed by atoms with Gasteiger partial charge in [-0.15, -0.1) is 0 Å². The lowest BCUT2D eigenvalue weighted by molar-refractivity contribution is -0.171. The molecule has 0 saturated carbocycles. The van der Waals surface area contributed by atoms with Gasteiger partial charge in [-0.05, 0) is 18.6 Å². The fourth-order valence-electron chi connectivity index (χ4n) is 1.07. The van der Waals surface area contributed by atoms with Crippen LogP contribution in [0, 0.1) is 0 Å². The van der Waals surface area contributed by atoms with E-state index in [1.165, 1.54) is 31.5 Å². The molecule has 0 aromatic carbocycles. The van der Waals surface area contributed by atoms with E-state index in [0.29, 0.717) is 5.56 Å². The van der Waals surface area contributed by atoms with Crippen LogP contribution in [0.15, 0.2) is 24.5 Å². The highest BCUT2D eigenvalue weighted by Crippen LogP contribution is 2.21. The first-order valence-electron chi connectivity index (χ1n) is 4.50. The number of hydrogen-bond donors (Lipinski definition) is 0. The molecule has 1 aromatic rings. The Morgan fingerprint density at radius 2 is 2.33 bits per heavy atom. The maximum absolute atomic E-state index is 13.2. The average molecular weight is 215 g/mol. The van der Waals surface area contributed by atoms with E-state index in [2.05, 4.69) is 9.72 Å². The van der Waals surface area contributed by atoms with Crippen molar-refractivity contribution in [1.82, 2.24) is 4.98 Å². The number of nitrogens with zero attached hydrogens (tertiary/aromatic N) is 1. The second-order valence-corrected chi connectivity index (χ2v) is 2.96. The molecule has 0 fully saturated rings. The van der Waals surface area contributed by atoms with Gasteiger partial charge in [0.15, 0.2) is 0 Å². The van der Waals surface area contributed by atoms with Crippen LogP contribution in [0.3, 0.4) is 0 Å². The van der Waals surface area contributed by atoms with Crippen LogP contribution >= 0.6 is 0 Å². The van der Waals surface area contributed by atoms with Crippen molar-refractivity contribution in [3.8, 4) is 0 Å². The van der Waals surface area contributed by atoms with Gasteiger partial charge in [0.2, 0.25) is 0 Å². The van der Waals surface area contributed by atoms with Crippen molar-refractivity contribution in [2.75, 3.05) is 6.61 Å². The molecule has 0 radical (unpaired) electrons. The average Bonchev–Trinajstić information content (AvgIpc) is 2.19. The van der Waals surface area contributed by atoms with Gasteiger partial charge in [0, 0.05) is 18.8 Å². The third kappa shape index (κ3) is 3.27. The fraction of sp³-hybridized carbons (Fsp3) is 0.400. The lowest BCUT2D eigenvalue weighted by atomic mass is 10.1. The van der Waals surface area contributed by atoms with Gasteiger partial charge in [-0.25, -0.2) is 4.79 Å². The maximum Gasteiger partial charge on any atom is 0.377 e. The molecular weight excluding hydrogens is 204 g/mol. The zero-order valence-corrected chi connectivity index (χ0v) is 8.24. The summed E-state index contributed by atoms with van der Waals surface area (Å²) in [5.74, 6) is -4.98. The zero-order valence-electron chi connectivity index (χ0n) is 8.24. The van der Waals surface area contributed by atoms with E-state index in [1.807, 2.05) is 0 Å². The third-order valence-electron chi connectivity index (χ3n) is 1.72. The molecule has 0 aliphatic rings. The van der Waals surface area contributed by atoms with Crippen LogP contribution in [0.4, 0.5) is 8.78 Å². The Morgan fingerprint density at radius 3 is 2.87 bits per heavy atom. The minimum absolute atomic E-state index is 0.0541. The summed E-state index contributed by atoms with van der Waals surface area (Å²) in [5, 5.41) is 0. The van der Waals surface area contributed by atoms with Gasteiger partial charge in [0.25, 0.3) is 0 Å². The molecule has 0 aliphatic heterocycles. The number of halogens is 2. The molecule has 0 saturated heterocycles. The third-order valence-corrected chi connectivity index (χ3v) is 1.72. The Morgan fingerprint density at radius 1 is 1.60 bits per heavy atom. The number of rotatable bonds is 4. The Bertz CT molecular complexity index is 327. The first-order valence-corrected chi connectivity index (χ1v) is 4.50. The van der Waals surface area contributed by atoms with Gasteiger partial charge < -0.3 is 4.74 Å². The number of carbonyl (C=O) groups is 1. The summed E-state index contributed by atoms with van der Waals surface area (Å²) in [6, 6.07) is 3.02. The minimum atomic E-state index is -3.49. The van der Waals surface area contributed by atoms with Crippen molar-refractivity contribution in [3.63, 3.8) is 0 Å². The van der Waals surface area contributed by atoms with Crippen molar-refractivity contribution in [2.24, 2.45) is 0 Å². The predicted octanol–water partition coefficient (Wildman–Crippen LogP) is 1.82. The molecule has 0 atom stereocenters. The second kappa shape index (κ2) is 4.82. The van der Waals surface area contributed by atoms with Gasteiger partial charge in [-0.1, -0.05) is 6.07 Å². The van der Waals surface area contributed by atoms with Crippen molar-refractivity contribution in [3.05, 3.63) is 30.1 Å². The summed E-state index contributed by atoms with van der Waals surface area (Å²) in [4.78, 5) is 14.6.